The second-order valence-electron chi connectivity index (χ2n) is 2.96. The van der Waals surface area contributed by atoms with E-state index < -0.39 is 0 Å². The minimum Gasteiger partial charge on any atom is -0.364 e. The van der Waals surface area contributed by atoms with Gasteiger partial charge in [0.2, 0.25) is 0 Å². The van der Waals surface area contributed by atoms with Crippen molar-refractivity contribution in [1.82, 2.24) is 4.90 Å². The van der Waals surface area contributed by atoms with Gasteiger partial charge >= 0.3 is 0 Å². The quantitative estimate of drug-likeness (QED) is 0.478. The van der Waals surface area contributed by atoms with E-state index in [-0.39, 0.29) is 0 Å². The van der Waals surface area contributed by atoms with Crippen LogP contribution in [0.3, 0.4) is 0 Å². The molecule has 0 aromatic rings. The molecule has 9 heavy (non-hydrogen) atoms. The Morgan fingerprint density at radius 1 is 1.33 bits per heavy atom. The highest BCUT2D eigenvalue weighted by atomic mass is 16.5. The third kappa shape index (κ3) is 0.970. The van der Waals surface area contributed by atoms with Crippen LogP contribution in [-0.2, 0) is 4.74 Å². The van der Waals surface area contributed by atoms with Gasteiger partial charge in [0, 0.05) is 12.6 Å². The molecule has 1 atom stereocenters. The molecule has 2 heteroatoms. The predicted molar refractivity (Wildman–Crippen MR) is 35.2 cm³/mol. The number of piperidine rings is 1. The van der Waals surface area contributed by atoms with Crippen LogP contribution in [0.2, 0.25) is 0 Å². The molecule has 2 aliphatic rings. The highest BCUT2D eigenvalue weighted by Gasteiger charge is 2.26. The number of rotatable bonds is 0. The highest BCUT2D eigenvalue weighted by molar-refractivity contribution is 4.78. The van der Waals surface area contributed by atoms with Crippen molar-refractivity contribution in [1.29, 1.82) is 0 Å². The summed E-state index contributed by atoms with van der Waals surface area (Å²) in [5.41, 5.74) is 0. The lowest BCUT2D eigenvalue weighted by atomic mass is 10.1. The van der Waals surface area contributed by atoms with Crippen molar-refractivity contribution in [3.8, 4) is 0 Å². The molecule has 2 nitrogen and oxygen atoms in total. The fraction of sp³-hybridized carbons (Fsp3) is 1.00. The van der Waals surface area contributed by atoms with Gasteiger partial charge in [0.25, 0.3) is 0 Å². The van der Waals surface area contributed by atoms with Gasteiger partial charge < -0.3 is 4.74 Å². The second kappa shape index (κ2) is 2.27. The Kier molecular flexibility index (Phi) is 1.44. The zero-order valence-corrected chi connectivity index (χ0v) is 5.68. The number of fused-ring (bicyclic) bond motifs is 1. The Morgan fingerprint density at radius 3 is 3.22 bits per heavy atom. The van der Waals surface area contributed by atoms with Gasteiger partial charge in [-0.05, 0) is 12.8 Å². The first-order chi connectivity index (χ1) is 4.47. The molecular weight excluding hydrogens is 114 g/mol. The van der Waals surface area contributed by atoms with E-state index in [2.05, 4.69) is 4.90 Å². The molecule has 0 unspecified atom stereocenters. The van der Waals surface area contributed by atoms with Gasteiger partial charge in [0.05, 0.1) is 13.3 Å². The highest BCUT2D eigenvalue weighted by Crippen LogP contribution is 2.20. The summed E-state index contributed by atoms with van der Waals surface area (Å²) in [5, 5.41) is 0. The number of hydrogen-bond acceptors (Lipinski definition) is 2. The van der Waals surface area contributed by atoms with Crippen molar-refractivity contribution < 1.29 is 4.74 Å². The third-order valence-electron chi connectivity index (χ3n) is 2.32. The molecule has 0 N–H and O–H groups in total. The van der Waals surface area contributed by atoms with Crippen LogP contribution in [0.25, 0.3) is 0 Å². The molecule has 2 aliphatic heterocycles. The average molecular weight is 127 g/mol. The van der Waals surface area contributed by atoms with E-state index in [0.29, 0.717) is 0 Å². The maximum atomic E-state index is 5.32. The first-order valence-electron chi connectivity index (χ1n) is 3.78. The van der Waals surface area contributed by atoms with E-state index in [1.165, 1.54) is 25.8 Å². The van der Waals surface area contributed by atoms with E-state index in [1.54, 1.807) is 0 Å². The summed E-state index contributed by atoms with van der Waals surface area (Å²) in [4.78, 5) is 2.45. The lowest BCUT2D eigenvalue weighted by Gasteiger charge is -2.26. The number of nitrogens with zero attached hydrogens (tertiary/aromatic N) is 1. The van der Waals surface area contributed by atoms with Crippen molar-refractivity contribution in [2.75, 3.05) is 19.9 Å². The maximum absolute atomic E-state index is 5.32. The van der Waals surface area contributed by atoms with Crippen LogP contribution in [0.1, 0.15) is 19.3 Å². The van der Waals surface area contributed by atoms with Gasteiger partial charge in [-0.25, -0.2) is 0 Å². The normalized spacial score (nSPS) is 36.7. The van der Waals surface area contributed by atoms with Gasteiger partial charge in [-0.1, -0.05) is 6.42 Å². The molecule has 0 bridgehead atoms. The van der Waals surface area contributed by atoms with Crippen LogP contribution in [0.4, 0.5) is 0 Å². The van der Waals surface area contributed by atoms with Gasteiger partial charge in [0.1, 0.15) is 0 Å². The molecule has 2 fully saturated rings. The largest absolute Gasteiger partial charge is 0.364 e. The summed E-state index contributed by atoms with van der Waals surface area (Å²) in [6.07, 6.45) is 4.14. The molecule has 0 aliphatic carbocycles. The van der Waals surface area contributed by atoms with Crippen LogP contribution in [0, 0.1) is 0 Å². The molecular formula is C7H13NO. The minimum absolute atomic E-state index is 0.777. The Labute approximate surface area is 55.8 Å². The van der Waals surface area contributed by atoms with E-state index >= 15 is 0 Å². The average Bonchev–Trinajstić information content (AvgIpc) is 2.33. The van der Waals surface area contributed by atoms with E-state index in [1.807, 2.05) is 0 Å². The summed E-state index contributed by atoms with van der Waals surface area (Å²) >= 11 is 0. The van der Waals surface area contributed by atoms with Gasteiger partial charge in [-0.2, -0.15) is 0 Å². The molecule has 0 aromatic carbocycles. The van der Waals surface area contributed by atoms with Crippen molar-refractivity contribution in [3.63, 3.8) is 0 Å². The van der Waals surface area contributed by atoms with Crippen LogP contribution in [0.15, 0.2) is 0 Å². The second-order valence-corrected chi connectivity index (χ2v) is 2.96. The minimum atomic E-state index is 0.777. The fourth-order valence-electron chi connectivity index (χ4n) is 1.72. The van der Waals surface area contributed by atoms with Gasteiger partial charge in [-0.15, -0.1) is 0 Å². The molecule has 0 radical (unpaired) electrons. The molecule has 2 heterocycles. The van der Waals surface area contributed by atoms with E-state index in [9.17, 15) is 0 Å². The van der Waals surface area contributed by atoms with E-state index in [0.717, 1.165) is 19.4 Å². The zero-order valence-electron chi connectivity index (χ0n) is 5.68. The summed E-state index contributed by atoms with van der Waals surface area (Å²) in [7, 11) is 0. The van der Waals surface area contributed by atoms with Crippen LogP contribution in [-0.4, -0.2) is 30.8 Å². The molecule has 0 aromatic heterocycles. The molecule has 2 rings (SSSR count). The first kappa shape index (κ1) is 5.69. The van der Waals surface area contributed by atoms with Crippen molar-refractivity contribution in [2.24, 2.45) is 0 Å². The lowest BCUT2D eigenvalue weighted by molar-refractivity contribution is 0.130. The molecule has 52 valence electrons. The third-order valence-corrected chi connectivity index (χ3v) is 2.32. The van der Waals surface area contributed by atoms with E-state index in [4.69, 9.17) is 4.74 Å². The van der Waals surface area contributed by atoms with Crippen LogP contribution >= 0.6 is 0 Å². The fourth-order valence-corrected chi connectivity index (χ4v) is 1.72. The monoisotopic (exact) mass is 127 g/mol. The Balaban J connectivity index is 1.97. The smallest absolute Gasteiger partial charge is 0.0994 e. The van der Waals surface area contributed by atoms with Crippen LogP contribution in [0.5, 0.6) is 0 Å². The Hall–Kier alpha value is -0.0800. The molecule has 0 saturated carbocycles. The SMILES string of the molecule is C1CCN2COC[C@H]2C1. The van der Waals surface area contributed by atoms with Crippen LogP contribution < -0.4 is 0 Å². The molecule has 0 spiro atoms. The van der Waals surface area contributed by atoms with Crippen molar-refractivity contribution >= 4 is 0 Å². The Morgan fingerprint density at radius 2 is 2.33 bits per heavy atom. The summed E-state index contributed by atoms with van der Waals surface area (Å²) in [5.74, 6) is 0. The summed E-state index contributed by atoms with van der Waals surface area (Å²) < 4.78 is 5.32. The number of hydrogen-bond donors (Lipinski definition) is 0. The number of ether oxygens (including phenoxy) is 1. The lowest BCUT2D eigenvalue weighted by Crippen LogP contribution is -2.35. The van der Waals surface area contributed by atoms with Crippen molar-refractivity contribution in [3.05, 3.63) is 0 Å². The predicted octanol–water partition coefficient (Wildman–Crippen LogP) is 0.829. The summed E-state index contributed by atoms with van der Waals surface area (Å²) in [6.45, 7) is 3.15. The first-order valence-corrected chi connectivity index (χ1v) is 3.78. The topological polar surface area (TPSA) is 12.5 Å². The standard InChI is InChI=1S/C7H13NO/c1-2-4-8-6-9-5-7(8)3-1/h7H,1-6H2/t7-/m1/s1. The summed E-state index contributed by atoms with van der Waals surface area (Å²) in [6, 6.07) is 0.777. The molecule has 2 saturated heterocycles. The van der Waals surface area contributed by atoms with Crippen molar-refractivity contribution in [2.45, 2.75) is 25.3 Å². The zero-order chi connectivity index (χ0) is 6.10. The molecule has 0 amide bonds. The van der Waals surface area contributed by atoms with Gasteiger partial charge in [-0.3, -0.25) is 4.90 Å². The Bertz CT molecular complexity index is 93.1. The maximum Gasteiger partial charge on any atom is 0.0994 e. The van der Waals surface area contributed by atoms with Gasteiger partial charge in [0.15, 0.2) is 0 Å².